The maximum absolute atomic E-state index is 4.73. The highest BCUT2D eigenvalue weighted by atomic mass is 15.5. The second-order valence-corrected chi connectivity index (χ2v) is 6.82. The van der Waals surface area contributed by atoms with Crippen LogP contribution in [-0.4, -0.2) is 10.7 Å². The van der Waals surface area contributed by atoms with Gasteiger partial charge in [-0.05, 0) is 56.7 Å². The monoisotopic (exact) mass is 355 g/mol. The molecule has 0 radical (unpaired) electrons. The smallest absolute Gasteiger partial charge is 0.0913 e. The first-order chi connectivity index (χ1) is 12.9. The van der Waals surface area contributed by atoms with Gasteiger partial charge in [0.25, 0.3) is 0 Å². The van der Waals surface area contributed by atoms with E-state index in [1.165, 1.54) is 5.56 Å². The van der Waals surface area contributed by atoms with E-state index in [0.717, 1.165) is 39.5 Å². The van der Waals surface area contributed by atoms with Gasteiger partial charge in [-0.3, -0.25) is 0 Å². The van der Waals surface area contributed by atoms with E-state index in [4.69, 9.17) is 5.10 Å². The van der Waals surface area contributed by atoms with E-state index in [0.29, 0.717) is 0 Å². The summed E-state index contributed by atoms with van der Waals surface area (Å²) in [4.78, 5) is 0. The fourth-order valence-corrected chi connectivity index (χ4v) is 2.84. The van der Waals surface area contributed by atoms with Gasteiger partial charge in [-0.1, -0.05) is 54.6 Å². The third-order valence-electron chi connectivity index (χ3n) is 4.27. The van der Waals surface area contributed by atoms with E-state index in [9.17, 15) is 0 Å². The quantitative estimate of drug-likeness (QED) is 0.702. The Balaban J connectivity index is 1.82. The summed E-state index contributed by atoms with van der Waals surface area (Å²) in [5, 5.41) is 9.96. The minimum atomic E-state index is 0.822. The molecule has 0 fully saturated rings. The number of rotatable bonds is 5. The average molecular weight is 355 g/mol. The van der Waals surface area contributed by atoms with Crippen LogP contribution in [0.1, 0.15) is 30.5 Å². The Morgan fingerprint density at radius 1 is 1.07 bits per heavy atom. The van der Waals surface area contributed by atoms with Crippen molar-refractivity contribution in [1.82, 2.24) is 5.01 Å². The molecule has 0 atom stereocenters. The molecule has 0 saturated carbocycles. The van der Waals surface area contributed by atoms with Crippen LogP contribution in [0.3, 0.4) is 0 Å². The van der Waals surface area contributed by atoms with Crippen LogP contribution in [0, 0.1) is 6.92 Å². The maximum atomic E-state index is 4.73. The lowest BCUT2D eigenvalue weighted by atomic mass is 10.1. The molecule has 2 aromatic rings. The van der Waals surface area contributed by atoms with Crippen LogP contribution in [0.4, 0.5) is 5.69 Å². The van der Waals surface area contributed by atoms with Crippen molar-refractivity contribution < 1.29 is 0 Å². The minimum Gasteiger partial charge on any atom is -0.358 e. The van der Waals surface area contributed by atoms with Gasteiger partial charge >= 0.3 is 0 Å². The highest BCUT2D eigenvalue weighted by Gasteiger charge is 2.11. The molecular weight excluding hydrogens is 330 g/mol. The lowest BCUT2D eigenvalue weighted by Gasteiger charge is -2.21. The molecule has 0 bridgehead atoms. The fraction of sp³-hybridized carbons (Fsp3) is 0.125. The Bertz CT molecular complexity index is 977. The van der Waals surface area contributed by atoms with Gasteiger partial charge in [-0.15, -0.1) is 0 Å². The van der Waals surface area contributed by atoms with Gasteiger partial charge < -0.3 is 5.32 Å². The number of nitrogens with zero attached hydrogens (tertiary/aromatic N) is 2. The second kappa shape index (κ2) is 7.92. The first kappa shape index (κ1) is 18.5. The number of hydrazone groups is 1. The van der Waals surface area contributed by atoms with E-state index in [-0.39, 0.29) is 0 Å². The van der Waals surface area contributed by atoms with E-state index in [1.807, 2.05) is 55.4 Å². The van der Waals surface area contributed by atoms with Gasteiger partial charge in [0.15, 0.2) is 0 Å². The van der Waals surface area contributed by atoms with Crippen molar-refractivity contribution in [1.29, 1.82) is 0 Å². The van der Waals surface area contributed by atoms with E-state index < -0.39 is 0 Å². The third kappa shape index (κ3) is 4.64. The van der Waals surface area contributed by atoms with Crippen molar-refractivity contribution in [2.24, 2.45) is 5.10 Å². The highest BCUT2D eigenvalue weighted by Crippen LogP contribution is 2.20. The second-order valence-electron chi connectivity index (χ2n) is 6.82. The highest BCUT2D eigenvalue weighted by molar-refractivity contribution is 6.09. The van der Waals surface area contributed by atoms with Gasteiger partial charge in [-0.2, -0.15) is 5.10 Å². The molecule has 0 amide bonds. The Kier molecular flexibility index (Phi) is 5.41. The largest absolute Gasteiger partial charge is 0.358 e. The van der Waals surface area contributed by atoms with Crippen molar-refractivity contribution in [3.05, 3.63) is 108 Å². The van der Waals surface area contributed by atoms with Gasteiger partial charge in [0.2, 0.25) is 0 Å². The number of allylic oxidation sites excluding steroid dienone is 4. The third-order valence-corrected chi connectivity index (χ3v) is 4.27. The molecule has 3 nitrogen and oxygen atoms in total. The molecule has 1 aliphatic rings. The van der Waals surface area contributed by atoms with E-state index in [1.54, 1.807) is 0 Å². The average Bonchev–Trinajstić information content (AvgIpc) is 2.63. The molecule has 1 N–H and O–H groups in total. The number of anilines is 1. The van der Waals surface area contributed by atoms with Gasteiger partial charge in [0, 0.05) is 23.1 Å². The lowest BCUT2D eigenvalue weighted by molar-refractivity contribution is 0.508. The zero-order valence-electron chi connectivity index (χ0n) is 16.2. The molecule has 0 unspecified atom stereocenters. The van der Waals surface area contributed by atoms with Crippen LogP contribution in [0.2, 0.25) is 0 Å². The molecular formula is C24H25N3. The Hall–Kier alpha value is -3.33. The molecule has 0 spiro atoms. The number of hydrogen-bond acceptors (Lipinski definition) is 3. The van der Waals surface area contributed by atoms with Crippen molar-refractivity contribution in [2.75, 3.05) is 5.32 Å². The summed E-state index contributed by atoms with van der Waals surface area (Å²) in [6, 6.07) is 16.5. The van der Waals surface area contributed by atoms with Gasteiger partial charge in [0.1, 0.15) is 0 Å². The SMILES string of the molecule is C=C(C)c1cccc(N/C(C)=C/N2N=C(c3cccc(C)c3)C=CC2=C)c1. The normalized spacial score (nSPS) is 14.2. The summed E-state index contributed by atoms with van der Waals surface area (Å²) >= 11 is 0. The van der Waals surface area contributed by atoms with Crippen LogP contribution in [-0.2, 0) is 0 Å². The van der Waals surface area contributed by atoms with Crippen molar-refractivity contribution >= 4 is 17.0 Å². The summed E-state index contributed by atoms with van der Waals surface area (Å²) in [7, 11) is 0. The first-order valence-electron chi connectivity index (χ1n) is 8.95. The summed E-state index contributed by atoms with van der Waals surface area (Å²) in [6.07, 6.45) is 5.94. The zero-order valence-corrected chi connectivity index (χ0v) is 16.2. The molecule has 1 heterocycles. The summed E-state index contributed by atoms with van der Waals surface area (Å²) in [6.45, 7) is 14.2. The fourth-order valence-electron chi connectivity index (χ4n) is 2.84. The Morgan fingerprint density at radius 3 is 2.59 bits per heavy atom. The summed E-state index contributed by atoms with van der Waals surface area (Å²) in [5.74, 6) is 0. The molecule has 0 aliphatic carbocycles. The topological polar surface area (TPSA) is 27.6 Å². The van der Waals surface area contributed by atoms with Crippen LogP contribution in [0.5, 0.6) is 0 Å². The first-order valence-corrected chi connectivity index (χ1v) is 8.95. The van der Waals surface area contributed by atoms with E-state index >= 15 is 0 Å². The predicted molar refractivity (Wildman–Crippen MR) is 116 cm³/mol. The van der Waals surface area contributed by atoms with Crippen LogP contribution in [0.25, 0.3) is 5.57 Å². The minimum absolute atomic E-state index is 0.822. The molecule has 136 valence electrons. The lowest BCUT2D eigenvalue weighted by Crippen LogP contribution is -2.17. The Labute approximate surface area is 161 Å². The molecule has 27 heavy (non-hydrogen) atoms. The zero-order chi connectivity index (χ0) is 19.4. The van der Waals surface area contributed by atoms with Crippen LogP contribution >= 0.6 is 0 Å². The Morgan fingerprint density at radius 2 is 1.85 bits per heavy atom. The number of nitrogens with one attached hydrogen (secondary N) is 1. The van der Waals surface area contributed by atoms with Crippen molar-refractivity contribution in [3.63, 3.8) is 0 Å². The van der Waals surface area contributed by atoms with Crippen LogP contribution < -0.4 is 5.32 Å². The summed E-state index contributed by atoms with van der Waals surface area (Å²) in [5.41, 5.74) is 8.20. The van der Waals surface area contributed by atoms with Crippen LogP contribution in [0.15, 0.2) is 96.5 Å². The number of aryl methyl sites for hydroxylation is 1. The molecule has 0 aromatic heterocycles. The molecule has 0 saturated heterocycles. The summed E-state index contributed by atoms with van der Waals surface area (Å²) < 4.78 is 0. The van der Waals surface area contributed by atoms with Gasteiger partial charge in [-0.25, -0.2) is 5.01 Å². The molecule has 3 rings (SSSR count). The molecule has 3 heteroatoms. The van der Waals surface area contributed by atoms with Crippen molar-refractivity contribution in [3.8, 4) is 0 Å². The van der Waals surface area contributed by atoms with Gasteiger partial charge in [0.05, 0.1) is 11.4 Å². The maximum Gasteiger partial charge on any atom is 0.0913 e. The standard InChI is InChI=1S/C24H25N3/c1-17(2)21-9-7-11-23(15-21)25-19(4)16-27-20(5)12-13-24(26-27)22-10-6-8-18(3)14-22/h6-16,25H,1,5H2,2-4H3/b19-16+. The van der Waals surface area contributed by atoms with Crippen molar-refractivity contribution in [2.45, 2.75) is 20.8 Å². The molecule has 2 aromatic carbocycles. The number of hydrogen-bond donors (Lipinski definition) is 1. The molecule has 1 aliphatic heterocycles. The number of benzene rings is 2. The predicted octanol–water partition coefficient (Wildman–Crippen LogP) is 6.09. The van der Waals surface area contributed by atoms with E-state index in [2.05, 4.69) is 55.7 Å².